The first-order chi connectivity index (χ1) is 12.1. The van der Waals surface area contributed by atoms with E-state index in [2.05, 4.69) is 4.98 Å². The summed E-state index contributed by atoms with van der Waals surface area (Å²) >= 11 is 1.54. The van der Waals surface area contributed by atoms with E-state index in [9.17, 15) is 9.90 Å². The first-order valence-electron chi connectivity index (χ1n) is 8.82. The Bertz CT molecular complexity index is 714. The molecular weight excluding hydrogens is 338 g/mol. The fraction of sp³-hybridized carbons (Fsp3) is 0.556. The third kappa shape index (κ3) is 3.63. The van der Waals surface area contributed by atoms with Crippen LogP contribution in [0.15, 0.2) is 30.9 Å². The number of rotatable bonds is 4. The molecule has 7 heteroatoms. The molecule has 1 atom stereocenters. The highest BCUT2D eigenvalue weighted by atomic mass is 32.1. The number of nitrogens with zero attached hydrogens (tertiary/aromatic N) is 3. The fourth-order valence-corrected chi connectivity index (χ4v) is 4.66. The van der Waals surface area contributed by atoms with E-state index in [0.29, 0.717) is 32.5 Å². The summed E-state index contributed by atoms with van der Waals surface area (Å²) in [5.41, 5.74) is -0.768. The Balaban J connectivity index is 1.36. The molecule has 0 aromatic carbocycles. The number of hydrogen-bond donors (Lipinski definition) is 1. The van der Waals surface area contributed by atoms with Gasteiger partial charge < -0.3 is 19.3 Å². The molecule has 2 fully saturated rings. The molecule has 25 heavy (non-hydrogen) atoms. The maximum atomic E-state index is 12.8. The van der Waals surface area contributed by atoms with Gasteiger partial charge in [-0.05, 0) is 37.8 Å². The molecule has 2 aliphatic rings. The van der Waals surface area contributed by atoms with Crippen molar-refractivity contribution in [3.05, 3.63) is 40.6 Å². The molecule has 2 aromatic heterocycles. The number of aliphatic hydroxyl groups is 1. The second-order valence-corrected chi connectivity index (χ2v) is 8.07. The zero-order valence-corrected chi connectivity index (χ0v) is 15.0. The van der Waals surface area contributed by atoms with Crippen LogP contribution < -0.4 is 0 Å². The Hall–Kier alpha value is -1.70. The third-order valence-electron chi connectivity index (χ3n) is 5.10. The molecule has 0 aliphatic carbocycles. The Morgan fingerprint density at radius 2 is 2.24 bits per heavy atom. The number of hydrogen-bond acceptors (Lipinski definition) is 5. The largest absolute Gasteiger partial charge is 0.388 e. The molecule has 0 radical (unpaired) electrons. The molecule has 0 spiro atoms. The van der Waals surface area contributed by atoms with Crippen LogP contribution in [0, 0.1) is 0 Å². The predicted molar refractivity (Wildman–Crippen MR) is 94.6 cm³/mol. The van der Waals surface area contributed by atoms with Crippen LogP contribution in [0.5, 0.6) is 0 Å². The Labute approximate surface area is 151 Å². The number of aromatic nitrogens is 2. The topological polar surface area (TPSA) is 67.6 Å². The van der Waals surface area contributed by atoms with E-state index in [1.54, 1.807) is 23.9 Å². The molecule has 0 bridgehead atoms. The van der Waals surface area contributed by atoms with Gasteiger partial charge in [0.15, 0.2) is 0 Å². The van der Waals surface area contributed by atoms with Crippen molar-refractivity contribution in [2.45, 2.75) is 43.9 Å². The van der Waals surface area contributed by atoms with Crippen LogP contribution in [-0.2, 0) is 11.3 Å². The number of carbonyl (C=O) groups excluding carboxylic acids is 1. The minimum Gasteiger partial charge on any atom is -0.388 e. The normalized spacial score (nSPS) is 23.1. The van der Waals surface area contributed by atoms with Crippen LogP contribution in [0.3, 0.4) is 0 Å². The molecule has 2 saturated heterocycles. The fourth-order valence-electron chi connectivity index (χ4n) is 3.60. The maximum absolute atomic E-state index is 12.8. The van der Waals surface area contributed by atoms with Crippen LogP contribution in [0.1, 0.15) is 46.3 Å². The van der Waals surface area contributed by atoms with Crippen LogP contribution >= 0.6 is 11.3 Å². The SMILES string of the molecule is O=C(c1ccc([C@@H]2CCCO2)s1)N1CCC(O)(Cn2ccnc2)CC1. The lowest BCUT2D eigenvalue weighted by Gasteiger charge is -2.38. The van der Waals surface area contributed by atoms with Gasteiger partial charge in [-0.3, -0.25) is 4.79 Å². The van der Waals surface area contributed by atoms with Gasteiger partial charge >= 0.3 is 0 Å². The van der Waals surface area contributed by atoms with Crippen molar-refractivity contribution >= 4 is 17.2 Å². The van der Waals surface area contributed by atoms with E-state index in [0.717, 1.165) is 29.2 Å². The molecule has 1 amide bonds. The molecule has 6 nitrogen and oxygen atoms in total. The summed E-state index contributed by atoms with van der Waals surface area (Å²) in [5, 5.41) is 10.8. The lowest BCUT2D eigenvalue weighted by Crippen LogP contribution is -2.48. The van der Waals surface area contributed by atoms with Gasteiger partial charge in [-0.1, -0.05) is 0 Å². The summed E-state index contributed by atoms with van der Waals surface area (Å²) in [6.45, 7) is 2.50. The van der Waals surface area contributed by atoms with Crippen molar-refractivity contribution in [2.75, 3.05) is 19.7 Å². The van der Waals surface area contributed by atoms with Gasteiger partial charge in [0.25, 0.3) is 5.91 Å². The lowest BCUT2D eigenvalue weighted by atomic mass is 9.91. The number of thiophene rings is 1. The molecule has 2 aliphatic heterocycles. The van der Waals surface area contributed by atoms with Crippen molar-refractivity contribution in [1.29, 1.82) is 0 Å². The molecular formula is C18H23N3O3S. The average Bonchev–Trinajstić information content (AvgIpc) is 3.36. The Morgan fingerprint density at radius 3 is 2.92 bits per heavy atom. The summed E-state index contributed by atoms with van der Waals surface area (Å²) in [6.07, 6.45) is 8.74. The highest BCUT2D eigenvalue weighted by molar-refractivity contribution is 7.14. The highest BCUT2D eigenvalue weighted by Gasteiger charge is 2.35. The van der Waals surface area contributed by atoms with E-state index in [1.807, 2.05) is 27.8 Å². The molecule has 4 heterocycles. The van der Waals surface area contributed by atoms with Gasteiger partial charge in [-0.25, -0.2) is 4.98 Å². The number of piperidine rings is 1. The number of imidazole rings is 1. The second kappa shape index (κ2) is 6.90. The number of amides is 1. The zero-order chi connectivity index (χ0) is 17.3. The number of likely N-dealkylation sites (tertiary alicyclic amines) is 1. The molecule has 0 unspecified atom stereocenters. The Kier molecular flexibility index (Phi) is 4.62. The second-order valence-electron chi connectivity index (χ2n) is 6.96. The van der Waals surface area contributed by atoms with Gasteiger partial charge in [0.05, 0.1) is 29.5 Å². The summed E-state index contributed by atoms with van der Waals surface area (Å²) < 4.78 is 7.59. The predicted octanol–water partition coefficient (Wildman–Crippen LogP) is 2.46. The van der Waals surface area contributed by atoms with Gasteiger partial charge in [0.1, 0.15) is 0 Å². The van der Waals surface area contributed by atoms with Crippen molar-refractivity contribution in [1.82, 2.24) is 14.5 Å². The van der Waals surface area contributed by atoms with Crippen LogP contribution in [0.2, 0.25) is 0 Å². The third-order valence-corrected chi connectivity index (χ3v) is 6.27. The average molecular weight is 361 g/mol. The minimum absolute atomic E-state index is 0.0685. The first kappa shape index (κ1) is 16.8. The zero-order valence-electron chi connectivity index (χ0n) is 14.1. The van der Waals surface area contributed by atoms with E-state index in [-0.39, 0.29) is 12.0 Å². The van der Waals surface area contributed by atoms with E-state index >= 15 is 0 Å². The van der Waals surface area contributed by atoms with Gasteiger partial charge in [-0.2, -0.15) is 0 Å². The number of carbonyl (C=O) groups is 1. The number of ether oxygens (including phenoxy) is 1. The summed E-state index contributed by atoms with van der Waals surface area (Å²) in [5.74, 6) is 0.0685. The lowest BCUT2D eigenvalue weighted by molar-refractivity contribution is -0.0291. The van der Waals surface area contributed by atoms with Crippen LogP contribution in [0.25, 0.3) is 0 Å². The van der Waals surface area contributed by atoms with E-state index in [4.69, 9.17) is 4.74 Å². The minimum atomic E-state index is -0.768. The van der Waals surface area contributed by atoms with E-state index < -0.39 is 5.60 Å². The van der Waals surface area contributed by atoms with E-state index in [1.165, 1.54) is 0 Å². The summed E-state index contributed by atoms with van der Waals surface area (Å²) in [7, 11) is 0. The van der Waals surface area contributed by atoms with Gasteiger partial charge in [0.2, 0.25) is 0 Å². The quantitative estimate of drug-likeness (QED) is 0.908. The van der Waals surface area contributed by atoms with Gasteiger partial charge in [-0.15, -0.1) is 11.3 Å². The van der Waals surface area contributed by atoms with Crippen molar-refractivity contribution in [3.8, 4) is 0 Å². The van der Waals surface area contributed by atoms with Crippen molar-refractivity contribution in [3.63, 3.8) is 0 Å². The van der Waals surface area contributed by atoms with Crippen LogP contribution in [-0.4, -0.2) is 50.8 Å². The highest BCUT2D eigenvalue weighted by Crippen LogP contribution is 2.34. The smallest absolute Gasteiger partial charge is 0.263 e. The standard InChI is InChI=1S/C18H23N3O3S/c22-17(16-4-3-15(25-16)14-2-1-11-24-14)21-8-5-18(23,6-9-21)12-20-10-7-19-13-20/h3-4,7,10,13-14,23H,1-2,5-6,8-9,11-12H2/t14-/m0/s1. The van der Waals surface area contributed by atoms with Crippen molar-refractivity contribution in [2.24, 2.45) is 0 Å². The molecule has 0 saturated carbocycles. The summed E-state index contributed by atoms with van der Waals surface area (Å²) in [6, 6.07) is 3.93. The van der Waals surface area contributed by atoms with Crippen molar-refractivity contribution < 1.29 is 14.6 Å². The molecule has 2 aromatic rings. The monoisotopic (exact) mass is 361 g/mol. The molecule has 1 N–H and O–H groups in total. The molecule has 134 valence electrons. The van der Waals surface area contributed by atoms with Crippen LogP contribution in [0.4, 0.5) is 0 Å². The first-order valence-corrected chi connectivity index (χ1v) is 9.63. The maximum Gasteiger partial charge on any atom is 0.263 e. The summed E-state index contributed by atoms with van der Waals surface area (Å²) in [4.78, 5) is 20.5. The molecule has 4 rings (SSSR count). The van der Waals surface area contributed by atoms with Gasteiger partial charge in [0, 0.05) is 37.0 Å². The Morgan fingerprint density at radius 1 is 1.40 bits per heavy atom.